The van der Waals surface area contributed by atoms with Gasteiger partial charge in [-0.15, -0.1) is 0 Å². The Morgan fingerprint density at radius 1 is 1.32 bits per heavy atom. The highest BCUT2D eigenvalue weighted by Crippen LogP contribution is 2.36. The third-order valence-corrected chi connectivity index (χ3v) is 4.57. The van der Waals surface area contributed by atoms with Crippen molar-refractivity contribution in [2.75, 3.05) is 0 Å². The Labute approximate surface area is 118 Å². The monoisotopic (exact) mass is 286 g/mol. The minimum atomic E-state index is -0.575. The van der Waals surface area contributed by atoms with E-state index in [1.807, 2.05) is 13.8 Å². The van der Waals surface area contributed by atoms with Gasteiger partial charge in [0.05, 0.1) is 18.3 Å². The standard InChI is InChI=1S/C15H20ClFO2/c1-8-9(2)19-10(3)15(8)14(18)7-11-6-12(17)4-5-13(11)16/h4-6,8-10,14-15,18H,7H2,1-3H3. The van der Waals surface area contributed by atoms with E-state index in [2.05, 4.69) is 6.92 Å². The van der Waals surface area contributed by atoms with Crippen molar-refractivity contribution in [1.29, 1.82) is 0 Å². The normalized spacial score (nSPS) is 32.5. The van der Waals surface area contributed by atoms with Gasteiger partial charge in [0.2, 0.25) is 0 Å². The molecule has 1 saturated heterocycles. The summed E-state index contributed by atoms with van der Waals surface area (Å²) >= 11 is 6.04. The third kappa shape index (κ3) is 3.10. The van der Waals surface area contributed by atoms with Crippen LogP contribution in [0.25, 0.3) is 0 Å². The van der Waals surface area contributed by atoms with Crippen molar-refractivity contribution in [1.82, 2.24) is 0 Å². The zero-order valence-electron chi connectivity index (χ0n) is 11.4. The SMILES string of the molecule is CC1OC(C)C(C(O)Cc2cc(F)ccc2Cl)C1C. The van der Waals surface area contributed by atoms with Gasteiger partial charge >= 0.3 is 0 Å². The molecule has 1 aliphatic heterocycles. The summed E-state index contributed by atoms with van der Waals surface area (Å²) < 4.78 is 19.0. The van der Waals surface area contributed by atoms with Gasteiger partial charge in [-0.3, -0.25) is 0 Å². The van der Waals surface area contributed by atoms with Crippen molar-refractivity contribution >= 4 is 11.6 Å². The number of hydrogen-bond donors (Lipinski definition) is 1. The van der Waals surface area contributed by atoms with Gasteiger partial charge in [-0.2, -0.15) is 0 Å². The Hall–Kier alpha value is -0.640. The number of rotatable bonds is 3. The highest BCUT2D eigenvalue weighted by molar-refractivity contribution is 6.31. The van der Waals surface area contributed by atoms with Crippen LogP contribution in [0.15, 0.2) is 18.2 Å². The fourth-order valence-electron chi connectivity index (χ4n) is 3.02. The molecule has 5 atom stereocenters. The summed E-state index contributed by atoms with van der Waals surface area (Å²) in [6.45, 7) is 6.07. The molecule has 19 heavy (non-hydrogen) atoms. The molecular formula is C15H20ClFO2. The van der Waals surface area contributed by atoms with E-state index in [4.69, 9.17) is 16.3 Å². The van der Waals surface area contributed by atoms with Crippen LogP contribution in [0.3, 0.4) is 0 Å². The molecule has 106 valence electrons. The molecule has 0 aromatic heterocycles. The quantitative estimate of drug-likeness (QED) is 0.922. The van der Waals surface area contributed by atoms with Gasteiger partial charge in [0.25, 0.3) is 0 Å². The maximum atomic E-state index is 13.2. The lowest BCUT2D eigenvalue weighted by Crippen LogP contribution is -2.32. The Morgan fingerprint density at radius 3 is 2.58 bits per heavy atom. The topological polar surface area (TPSA) is 29.5 Å². The first-order chi connectivity index (χ1) is 8.90. The molecule has 1 N–H and O–H groups in total. The molecule has 1 fully saturated rings. The number of aliphatic hydroxyl groups is 1. The summed E-state index contributed by atoms with van der Waals surface area (Å²) in [6, 6.07) is 4.24. The molecule has 1 aliphatic rings. The third-order valence-electron chi connectivity index (χ3n) is 4.20. The van der Waals surface area contributed by atoms with E-state index in [1.54, 1.807) is 0 Å². The zero-order valence-corrected chi connectivity index (χ0v) is 12.2. The van der Waals surface area contributed by atoms with Gasteiger partial charge in [-0.25, -0.2) is 4.39 Å². The molecule has 2 nitrogen and oxygen atoms in total. The zero-order chi connectivity index (χ0) is 14.2. The second-order valence-electron chi connectivity index (χ2n) is 5.49. The maximum absolute atomic E-state index is 13.2. The lowest BCUT2D eigenvalue weighted by atomic mass is 9.82. The van der Waals surface area contributed by atoms with Crippen molar-refractivity contribution in [3.8, 4) is 0 Å². The Kier molecular flexibility index (Phi) is 4.49. The summed E-state index contributed by atoms with van der Waals surface area (Å²) in [4.78, 5) is 0. The number of ether oxygens (including phenoxy) is 1. The lowest BCUT2D eigenvalue weighted by molar-refractivity contribution is 0.0240. The molecule has 0 aliphatic carbocycles. The van der Waals surface area contributed by atoms with Gasteiger partial charge in [0.15, 0.2) is 0 Å². The van der Waals surface area contributed by atoms with E-state index >= 15 is 0 Å². The molecule has 0 bridgehead atoms. The van der Waals surface area contributed by atoms with E-state index in [-0.39, 0.29) is 29.9 Å². The Bertz CT molecular complexity index is 452. The maximum Gasteiger partial charge on any atom is 0.123 e. The second kappa shape index (κ2) is 5.78. The molecule has 2 rings (SSSR count). The highest BCUT2D eigenvalue weighted by Gasteiger charge is 2.41. The van der Waals surface area contributed by atoms with E-state index < -0.39 is 6.10 Å². The summed E-state index contributed by atoms with van der Waals surface area (Å²) in [6.07, 6.45) is -0.0781. The van der Waals surface area contributed by atoms with Crippen LogP contribution in [0.1, 0.15) is 26.3 Å². The largest absolute Gasteiger partial charge is 0.392 e. The number of benzene rings is 1. The minimum absolute atomic E-state index is 0.00679. The summed E-state index contributed by atoms with van der Waals surface area (Å²) in [5.41, 5.74) is 0.646. The molecule has 0 spiro atoms. The predicted molar refractivity (Wildman–Crippen MR) is 73.8 cm³/mol. The summed E-state index contributed by atoms with van der Waals surface area (Å²) in [5, 5.41) is 10.9. The molecule has 0 saturated carbocycles. The number of hydrogen-bond acceptors (Lipinski definition) is 2. The average Bonchev–Trinajstić information content (AvgIpc) is 2.58. The molecule has 4 heteroatoms. The van der Waals surface area contributed by atoms with E-state index in [0.717, 1.165) is 0 Å². The average molecular weight is 287 g/mol. The summed E-state index contributed by atoms with van der Waals surface area (Å²) in [7, 11) is 0. The molecule has 1 aromatic rings. The van der Waals surface area contributed by atoms with Crippen LogP contribution in [0.4, 0.5) is 4.39 Å². The fraction of sp³-hybridized carbons (Fsp3) is 0.600. The second-order valence-corrected chi connectivity index (χ2v) is 5.90. The van der Waals surface area contributed by atoms with Gasteiger partial charge in [-0.05, 0) is 43.5 Å². The molecule has 0 radical (unpaired) electrons. The predicted octanol–water partition coefficient (Wildman–Crippen LogP) is 3.44. The number of halogens is 2. The van der Waals surface area contributed by atoms with Gasteiger partial charge in [0.1, 0.15) is 5.82 Å². The molecule has 0 amide bonds. The molecular weight excluding hydrogens is 267 g/mol. The van der Waals surface area contributed by atoms with Crippen molar-refractivity contribution in [3.05, 3.63) is 34.6 Å². The Morgan fingerprint density at radius 2 is 2.00 bits per heavy atom. The smallest absolute Gasteiger partial charge is 0.123 e. The van der Waals surface area contributed by atoms with Gasteiger partial charge < -0.3 is 9.84 Å². The fourth-order valence-corrected chi connectivity index (χ4v) is 3.21. The van der Waals surface area contributed by atoms with Crippen molar-refractivity contribution < 1.29 is 14.2 Å². The Balaban J connectivity index is 2.12. The summed E-state index contributed by atoms with van der Waals surface area (Å²) in [5.74, 6) is -0.00425. The van der Waals surface area contributed by atoms with Crippen LogP contribution in [0, 0.1) is 17.7 Å². The first-order valence-corrected chi connectivity index (χ1v) is 7.05. The van der Waals surface area contributed by atoms with Crippen LogP contribution < -0.4 is 0 Å². The van der Waals surface area contributed by atoms with E-state index in [1.165, 1.54) is 18.2 Å². The van der Waals surface area contributed by atoms with Crippen LogP contribution in [0.5, 0.6) is 0 Å². The van der Waals surface area contributed by atoms with E-state index in [9.17, 15) is 9.50 Å². The van der Waals surface area contributed by atoms with Crippen LogP contribution >= 0.6 is 11.6 Å². The van der Waals surface area contributed by atoms with Gasteiger partial charge in [-0.1, -0.05) is 18.5 Å². The minimum Gasteiger partial charge on any atom is -0.392 e. The van der Waals surface area contributed by atoms with Crippen molar-refractivity contribution in [2.24, 2.45) is 11.8 Å². The van der Waals surface area contributed by atoms with Crippen molar-refractivity contribution in [3.63, 3.8) is 0 Å². The molecule has 1 heterocycles. The molecule has 1 aromatic carbocycles. The van der Waals surface area contributed by atoms with Crippen LogP contribution in [0.2, 0.25) is 5.02 Å². The van der Waals surface area contributed by atoms with Gasteiger partial charge in [0, 0.05) is 17.4 Å². The lowest BCUT2D eigenvalue weighted by Gasteiger charge is -2.25. The highest BCUT2D eigenvalue weighted by atomic mass is 35.5. The first-order valence-electron chi connectivity index (χ1n) is 6.67. The van der Waals surface area contributed by atoms with Crippen LogP contribution in [-0.2, 0) is 11.2 Å². The molecule has 5 unspecified atom stereocenters. The first kappa shape index (κ1) is 14.8. The number of aliphatic hydroxyl groups excluding tert-OH is 1. The van der Waals surface area contributed by atoms with Crippen molar-refractivity contribution in [2.45, 2.75) is 45.5 Å². The van der Waals surface area contributed by atoms with E-state index in [0.29, 0.717) is 17.0 Å². The van der Waals surface area contributed by atoms with Crippen LogP contribution in [-0.4, -0.2) is 23.4 Å².